The fourth-order valence-corrected chi connectivity index (χ4v) is 2.08. The summed E-state index contributed by atoms with van der Waals surface area (Å²) in [4.78, 5) is 2.34. The van der Waals surface area contributed by atoms with E-state index < -0.39 is 0 Å². The summed E-state index contributed by atoms with van der Waals surface area (Å²) >= 11 is 0. The van der Waals surface area contributed by atoms with Crippen LogP contribution in [0.2, 0.25) is 0 Å². The summed E-state index contributed by atoms with van der Waals surface area (Å²) in [6, 6.07) is 8.43. The molecule has 1 atom stereocenters. The molecule has 1 unspecified atom stereocenters. The van der Waals surface area contributed by atoms with Crippen LogP contribution in [0.5, 0.6) is 0 Å². The van der Waals surface area contributed by atoms with Crippen molar-refractivity contribution in [2.75, 3.05) is 18.0 Å². The van der Waals surface area contributed by atoms with Crippen LogP contribution in [0, 0.1) is 12.3 Å². The molecule has 0 heterocycles. The Morgan fingerprint density at radius 3 is 2.33 bits per heavy atom. The van der Waals surface area contributed by atoms with Crippen LogP contribution in [0.3, 0.4) is 0 Å². The van der Waals surface area contributed by atoms with Crippen LogP contribution in [0.15, 0.2) is 24.3 Å². The highest BCUT2D eigenvalue weighted by molar-refractivity contribution is 5.52. The summed E-state index contributed by atoms with van der Waals surface area (Å²) in [7, 11) is 0. The first-order chi connectivity index (χ1) is 8.36. The zero-order chi connectivity index (χ0) is 13.8. The van der Waals surface area contributed by atoms with Gasteiger partial charge in [-0.25, -0.2) is 0 Å². The summed E-state index contributed by atoms with van der Waals surface area (Å²) in [5.41, 5.74) is 2.54. The summed E-state index contributed by atoms with van der Waals surface area (Å²) in [5, 5.41) is 10.1. The highest BCUT2D eigenvalue weighted by Crippen LogP contribution is 2.24. The number of rotatable bonds is 5. The molecule has 1 aromatic rings. The van der Waals surface area contributed by atoms with Crippen LogP contribution in [-0.4, -0.2) is 24.3 Å². The average molecular weight is 249 g/mol. The number of anilines is 1. The van der Waals surface area contributed by atoms with Crippen LogP contribution >= 0.6 is 0 Å². The van der Waals surface area contributed by atoms with E-state index in [1.165, 1.54) is 11.3 Å². The van der Waals surface area contributed by atoms with Gasteiger partial charge in [-0.1, -0.05) is 39.0 Å². The lowest BCUT2D eigenvalue weighted by Gasteiger charge is -2.30. The van der Waals surface area contributed by atoms with Crippen molar-refractivity contribution in [2.45, 2.75) is 47.1 Å². The molecule has 18 heavy (non-hydrogen) atoms. The van der Waals surface area contributed by atoms with Gasteiger partial charge in [0, 0.05) is 18.8 Å². The van der Waals surface area contributed by atoms with Crippen molar-refractivity contribution >= 4 is 5.69 Å². The molecule has 0 aromatic heterocycles. The molecule has 0 saturated carbocycles. The van der Waals surface area contributed by atoms with Crippen LogP contribution in [-0.2, 0) is 0 Å². The van der Waals surface area contributed by atoms with Crippen LogP contribution < -0.4 is 4.90 Å². The number of benzene rings is 1. The Morgan fingerprint density at radius 1 is 1.22 bits per heavy atom. The van der Waals surface area contributed by atoms with E-state index in [0.717, 1.165) is 19.5 Å². The molecule has 0 saturated heterocycles. The second-order valence-corrected chi connectivity index (χ2v) is 6.04. The Bertz CT molecular complexity index is 368. The maximum Gasteiger partial charge on any atom is 0.0605 e. The highest BCUT2D eigenvalue weighted by Gasteiger charge is 2.22. The lowest BCUT2D eigenvalue weighted by molar-refractivity contribution is 0.0574. The number of nitrogens with zero attached hydrogens (tertiary/aromatic N) is 1. The van der Waals surface area contributed by atoms with Crippen LogP contribution in [0.4, 0.5) is 5.69 Å². The van der Waals surface area contributed by atoms with Gasteiger partial charge < -0.3 is 10.0 Å². The molecule has 0 aliphatic carbocycles. The Hall–Kier alpha value is -1.02. The van der Waals surface area contributed by atoms with E-state index in [9.17, 15) is 5.11 Å². The molecular formula is C16H27NO. The minimum atomic E-state index is -0.254. The van der Waals surface area contributed by atoms with Gasteiger partial charge in [-0.3, -0.25) is 0 Å². The Balaban J connectivity index is 2.67. The van der Waals surface area contributed by atoms with E-state index in [0.29, 0.717) is 0 Å². The van der Waals surface area contributed by atoms with Gasteiger partial charge in [0.25, 0.3) is 0 Å². The molecular weight excluding hydrogens is 222 g/mol. The monoisotopic (exact) mass is 249 g/mol. The zero-order valence-corrected chi connectivity index (χ0v) is 12.4. The van der Waals surface area contributed by atoms with E-state index in [1.54, 1.807) is 0 Å². The number of para-hydroxylation sites is 1. The lowest BCUT2D eigenvalue weighted by Crippen LogP contribution is -2.33. The van der Waals surface area contributed by atoms with Gasteiger partial charge in [0.2, 0.25) is 0 Å². The number of aryl methyl sites for hydroxylation is 1. The van der Waals surface area contributed by atoms with Gasteiger partial charge in [-0.15, -0.1) is 0 Å². The predicted molar refractivity (Wildman–Crippen MR) is 79.1 cm³/mol. The summed E-state index contributed by atoms with van der Waals surface area (Å²) in [5.74, 6) is 0. The van der Waals surface area contributed by atoms with Crippen LogP contribution in [0.1, 0.15) is 39.7 Å². The van der Waals surface area contributed by atoms with Gasteiger partial charge >= 0.3 is 0 Å². The summed E-state index contributed by atoms with van der Waals surface area (Å²) < 4.78 is 0. The second-order valence-electron chi connectivity index (χ2n) is 6.04. The van der Waals surface area contributed by atoms with Crippen molar-refractivity contribution in [3.05, 3.63) is 29.8 Å². The Labute approximate surface area is 112 Å². The molecule has 0 aliphatic heterocycles. The first-order valence-electron chi connectivity index (χ1n) is 6.85. The van der Waals surface area contributed by atoms with Crippen LogP contribution in [0.25, 0.3) is 0 Å². The summed E-state index contributed by atoms with van der Waals surface area (Å²) in [6.45, 7) is 12.4. The smallest absolute Gasteiger partial charge is 0.0605 e. The van der Waals surface area contributed by atoms with Crippen molar-refractivity contribution in [2.24, 2.45) is 5.41 Å². The minimum absolute atomic E-state index is 0.0366. The average Bonchev–Trinajstić information content (AvgIpc) is 2.30. The van der Waals surface area contributed by atoms with Crippen molar-refractivity contribution in [1.82, 2.24) is 0 Å². The van der Waals surface area contributed by atoms with Gasteiger partial charge in [-0.05, 0) is 37.3 Å². The van der Waals surface area contributed by atoms with Gasteiger partial charge in [-0.2, -0.15) is 0 Å². The van der Waals surface area contributed by atoms with E-state index in [2.05, 4.69) is 63.8 Å². The molecule has 0 spiro atoms. The fourth-order valence-electron chi connectivity index (χ4n) is 2.08. The maximum absolute atomic E-state index is 10.1. The minimum Gasteiger partial charge on any atom is -0.393 e. The Morgan fingerprint density at radius 2 is 1.83 bits per heavy atom. The molecule has 0 aliphatic rings. The first kappa shape index (κ1) is 15.0. The zero-order valence-electron chi connectivity index (χ0n) is 12.4. The van der Waals surface area contributed by atoms with Crippen molar-refractivity contribution in [3.63, 3.8) is 0 Å². The van der Waals surface area contributed by atoms with E-state index in [-0.39, 0.29) is 11.5 Å². The second kappa shape index (κ2) is 6.24. The number of aliphatic hydroxyl groups is 1. The van der Waals surface area contributed by atoms with Crippen molar-refractivity contribution in [1.29, 1.82) is 0 Å². The molecule has 1 rings (SSSR count). The fraction of sp³-hybridized carbons (Fsp3) is 0.625. The highest BCUT2D eigenvalue weighted by atomic mass is 16.3. The third-order valence-corrected chi connectivity index (χ3v) is 3.51. The molecule has 1 aromatic carbocycles. The number of aliphatic hydroxyl groups excluding tert-OH is 1. The maximum atomic E-state index is 10.1. The molecule has 0 fully saturated rings. The molecule has 1 N–H and O–H groups in total. The molecule has 102 valence electrons. The predicted octanol–water partition coefficient (Wildman–Crippen LogP) is 3.62. The molecule has 0 radical (unpaired) electrons. The molecule has 0 amide bonds. The van der Waals surface area contributed by atoms with E-state index in [1.807, 2.05) is 0 Å². The summed E-state index contributed by atoms with van der Waals surface area (Å²) in [6.07, 6.45) is 0.557. The third kappa shape index (κ3) is 4.02. The van der Waals surface area contributed by atoms with Crippen molar-refractivity contribution in [3.8, 4) is 0 Å². The molecule has 2 heteroatoms. The largest absolute Gasteiger partial charge is 0.393 e. The van der Waals surface area contributed by atoms with Gasteiger partial charge in [0.1, 0.15) is 0 Å². The molecule has 2 nitrogen and oxygen atoms in total. The SMILES string of the molecule is CCN(CCC(O)C(C)(C)C)c1ccccc1C. The Kier molecular flexibility index (Phi) is 5.21. The topological polar surface area (TPSA) is 23.5 Å². The lowest BCUT2D eigenvalue weighted by atomic mass is 9.87. The number of hydrogen-bond acceptors (Lipinski definition) is 2. The quantitative estimate of drug-likeness (QED) is 0.861. The van der Waals surface area contributed by atoms with Gasteiger partial charge in [0.05, 0.1) is 6.10 Å². The molecule has 0 bridgehead atoms. The standard InChI is InChI=1S/C16H27NO/c1-6-17(12-11-15(18)16(3,4)5)14-10-8-7-9-13(14)2/h7-10,15,18H,6,11-12H2,1-5H3. The third-order valence-electron chi connectivity index (χ3n) is 3.51. The number of hydrogen-bond donors (Lipinski definition) is 1. The van der Waals surface area contributed by atoms with E-state index >= 15 is 0 Å². The normalized spacial score (nSPS) is 13.4. The van der Waals surface area contributed by atoms with E-state index in [4.69, 9.17) is 0 Å². The van der Waals surface area contributed by atoms with Gasteiger partial charge in [0.15, 0.2) is 0 Å². The van der Waals surface area contributed by atoms with Crippen molar-refractivity contribution < 1.29 is 5.11 Å². The first-order valence-corrected chi connectivity index (χ1v) is 6.85.